The van der Waals surface area contributed by atoms with Crippen molar-refractivity contribution in [2.24, 2.45) is 5.73 Å². The van der Waals surface area contributed by atoms with Crippen LogP contribution < -0.4 is 11.1 Å². The van der Waals surface area contributed by atoms with Gasteiger partial charge in [-0.3, -0.25) is 4.79 Å². The number of thiazole rings is 1. The van der Waals surface area contributed by atoms with E-state index in [2.05, 4.69) is 42.3 Å². The summed E-state index contributed by atoms with van der Waals surface area (Å²) >= 11 is 1.46. The number of anilines is 1. The van der Waals surface area contributed by atoms with E-state index in [1.54, 1.807) is 6.20 Å². The third kappa shape index (κ3) is 5.58. The molecular weight excluding hydrogens is 334 g/mol. The minimum absolute atomic E-state index is 0. The number of methoxy groups -OCH3 is 1. The summed E-state index contributed by atoms with van der Waals surface area (Å²) in [6, 6.07) is 5.74. The average molecular weight is 356 g/mol. The number of ether oxygens (including phenoxy) is 1. The smallest absolute Gasteiger partial charge is 0.245 e. The van der Waals surface area contributed by atoms with E-state index >= 15 is 0 Å². The zero-order chi connectivity index (χ0) is 16.1. The standard InChI is InChI=1S/C16H21N3O2S.ClH/c1-10-4-5-12(6-11(10)2)7-13-8-18-16(22-13)19-15(20)14(17)9-21-3;/h4-6,8,14H,7,9,17H2,1-3H3,(H,18,19,20);1H. The predicted octanol–water partition coefficient (Wildman–Crippen LogP) is 2.68. The molecule has 0 saturated carbocycles. The fourth-order valence-corrected chi connectivity index (χ4v) is 2.86. The van der Waals surface area contributed by atoms with Gasteiger partial charge in [-0.15, -0.1) is 23.7 Å². The molecule has 1 aromatic carbocycles. The lowest BCUT2D eigenvalue weighted by atomic mass is 10.0. The van der Waals surface area contributed by atoms with Crippen LogP contribution in [0, 0.1) is 13.8 Å². The van der Waals surface area contributed by atoms with Gasteiger partial charge >= 0.3 is 0 Å². The Hall–Kier alpha value is -1.47. The quantitative estimate of drug-likeness (QED) is 0.835. The van der Waals surface area contributed by atoms with Crippen molar-refractivity contribution in [3.8, 4) is 0 Å². The fourth-order valence-electron chi connectivity index (χ4n) is 2.02. The van der Waals surface area contributed by atoms with E-state index in [0.717, 1.165) is 11.3 Å². The van der Waals surface area contributed by atoms with Gasteiger partial charge in [0.2, 0.25) is 5.91 Å². The number of hydrogen-bond acceptors (Lipinski definition) is 5. The molecule has 0 aliphatic carbocycles. The van der Waals surface area contributed by atoms with E-state index in [9.17, 15) is 4.79 Å². The van der Waals surface area contributed by atoms with Crippen molar-refractivity contribution in [3.05, 3.63) is 46.0 Å². The largest absolute Gasteiger partial charge is 0.383 e. The highest BCUT2D eigenvalue weighted by molar-refractivity contribution is 7.15. The molecule has 3 N–H and O–H groups in total. The van der Waals surface area contributed by atoms with Crippen LogP contribution in [0.1, 0.15) is 21.6 Å². The SMILES string of the molecule is COCC(N)C(=O)Nc1ncc(Cc2ccc(C)c(C)c2)s1.Cl. The molecule has 1 amide bonds. The van der Waals surface area contributed by atoms with Gasteiger partial charge in [0.25, 0.3) is 0 Å². The molecule has 1 heterocycles. The summed E-state index contributed by atoms with van der Waals surface area (Å²) in [6.45, 7) is 4.39. The lowest BCUT2D eigenvalue weighted by Crippen LogP contribution is -2.39. The molecular formula is C16H22ClN3O2S. The van der Waals surface area contributed by atoms with Crippen molar-refractivity contribution in [1.29, 1.82) is 0 Å². The molecule has 0 aliphatic rings. The molecule has 23 heavy (non-hydrogen) atoms. The number of nitrogens with two attached hydrogens (primary N) is 1. The summed E-state index contributed by atoms with van der Waals surface area (Å²) in [5.74, 6) is -0.283. The lowest BCUT2D eigenvalue weighted by Gasteiger charge is -2.08. The van der Waals surface area contributed by atoms with E-state index in [0.29, 0.717) is 5.13 Å². The fraction of sp³-hybridized carbons (Fsp3) is 0.375. The van der Waals surface area contributed by atoms with E-state index in [1.165, 1.54) is 35.1 Å². The van der Waals surface area contributed by atoms with Crippen molar-refractivity contribution >= 4 is 34.8 Å². The van der Waals surface area contributed by atoms with E-state index in [-0.39, 0.29) is 24.9 Å². The summed E-state index contributed by atoms with van der Waals surface area (Å²) in [7, 11) is 1.51. The van der Waals surface area contributed by atoms with Gasteiger partial charge in [-0.2, -0.15) is 0 Å². The van der Waals surface area contributed by atoms with Gasteiger partial charge in [-0.05, 0) is 30.5 Å². The number of nitrogens with zero attached hydrogens (tertiary/aromatic N) is 1. The molecule has 0 aliphatic heterocycles. The molecule has 0 bridgehead atoms. The summed E-state index contributed by atoms with van der Waals surface area (Å²) in [6.07, 6.45) is 2.59. The number of amides is 1. The first kappa shape index (κ1) is 19.6. The summed E-state index contributed by atoms with van der Waals surface area (Å²) in [4.78, 5) is 17.1. The van der Waals surface area contributed by atoms with Crippen LogP contribution in [0.15, 0.2) is 24.4 Å². The number of benzene rings is 1. The van der Waals surface area contributed by atoms with Crippen LogP contribution in [-0.4, -0.2) is 30.6 Å². The highest BCUT2D eigenvalue weighted by Gasteiger charge is 2.15. The first-order chi connectivity index (χ1) is 10.5. The zero-order valence-electron chi connectivity index (χ0n) is 13.5. The van der Waals surface area contributed by atoms with Crippen molar-refractivity contribution in [1.82, 2.24) is 4.98 Å². The summed E-state index contributed by atoms with van der Waals surface area (Å²) in [5.41, 5.74) is 9.48. The average Bonchev–Trinajstić information content (AvgIpc) is 2.90. The van der Waals surface area contributed by atoms with E-state index in [1.807, 2.05) is 0 Å². The minimum Gasteiger partial charge on any atom is -0.383 e. The maximum atomic E-state index is 11.8. The van der Waals surface area contributed by atoms with Crippen LogP contribution >= 0.6 is 23.7 Å². The minimum atomic E-state index is -0.683. The molecule has 5 nitrogen and oxygen atoms in total. The van der Waals surface area contributed by atoms with Crippen LogP contribution in [0.2, 0.25) is 0 Å². The van der Waals surface area contributed by atoms with Crippen LogP contribution in [0.5, 0.6) is 0 Å². The number of nitrogens with one attached hydrogen (secondary N) is 1. The molecule has 1 aromatic heterocycles. The lowest BCUT2D eigenvalue weighted by molar-refractivity contribution is -0.118. The first-order valence-electron chi connectivity index (χ1n) is 7.06. The van der Waals surface area contributed by atoms with Gasteiger partial charge in [0.15, 0.2) is 5.13 Å². The normalized spacial score (nSPS) is 11.7. The van der Waals surface area contributed by atoms with Crippen LogP contribution in [-0.2, 0) is 16.0 Å². The monoisotopic (exact) mass is 355 g/mol. The van der Waals surface area contributed by atoms with Gasteiger partial charge in [0, 0.05) is 24.6 Å². The highest BCUT2D eigenvalue weighted by Crippen LogP contribution is 2.22. The van der Waals surface area contributed by atoms with Crippen molar-refractivity contribution in [2.75, 3.05) is 19.0 Å². The molecule has 126 valence electrons. The summed E-state index contributed by atoms with van der Waals surface area (Å²) in [5, 5.41) is 3.28. The van der Waals surface area contributed by atoms with E-state index in [4.69, 9.17) is 10.5 Å². The highest BCUT2D eigenvalue weighted by atomic mass is 35.5. The molecule has 0 fully saturated rings. The van der Waals surface area contributed by atoms with Gasteiger partial charge in [-0.25, -0.2) is 4.98 Å². The summed E-state index contributed by atoms with van der Waals surface area (Å²) < 4.78 is 4.86. The van der Waals surface area contributed by atoms with Crippen LogP contribution in [0.4, 0.5) is 5.13 Å². The second-order valence-corrected chi connectivity index (χ2v) is 6.39. The predicted molar refractivity (Wildman–Crippen MR) is 96.6 cm³/mol. The maximum Gasteiger partial charge on any atom is 0.245 e. The number of rotatable bonds is 6. The number of hydrogen-bond donors (Lipinski definition) is 2. The Balaban J connectivity index is 0.00000264. The Labute approximate surface area is 146 Å². The molecule has 2 rings (SSSR count). The Bertz CT molecular complexity index is 661. The van der Waals surface area contributed by atoms with Crippen molar-refractivity contribution in [3.63, 3.8) is 0 Å². The third-order valence-electron chi connectivity index (χ3n) is 3.42. The molecule has 0 saturated heterocycles. The Morgan fingerprint density at radius 1 is 1.39 bits per heavy atom. The zero-order valence-corrected chi connectivity index (χ0v) is 15.1. The van der Waals surface area contributed by atoms with Crippen molar-refractivity contribution < 1.29 is 9.53 Å². The van der Waals surface area contributed by atoms with Gasteiger partial charge in [0.1, 0.15) is 6.04 Å². The number of carbonyl (C=O) groups is 1. The molecule has 1 atom stereocenters. The Morgan fingerprint density at radius 3 is 2.78 bits per heavy atom. The van der Waals surface area contributed by atoms with Gasteiger partial charge < -0.3 is 15.8 Å². The molecule has 0 spiro atoms. The third-order valence-corrected chi connectivity index (χ3v) is 4.33. The topological polar surface area (TPSA) is 77.2 Å². The molecule has 1 unspecified atom stereocenters. The Kier molecular flexibility index (Phi) is 7.64. The number of carbonyl (C=O) groups excluding carboxylic acids is 1. The molecule has 0 radical (unpaired) electrons. The Morgan fingerprint density at radius 2 is 2.13 bits per heavy atom. The number of aryl methyl sites for hydroxylation is 2. The van der Waals surface area contributed by atoms with E-state index < -0.39 is 6.04 Å². The number of aromatic nitrogens is 1. The second-order valence-electron chi connectivity index (χ2n) is 5.28. The van der Waals surface area contributed by atoms with Gasteiger partial charge in [0.05, 0.1) is 6.61 Å². The second kappa shape index (κ2) is 8.98. The molecule has 7 heteroatoms. The number of halogens is 1. The first-order valence-corrected chi connectivity index (χ1v) is 7.87. The molecule has 2 aromatic rings. The van der Waals surface area contributed by atoms with Crippen molar-refractivity contribution in [2.45, 2.75) is 26.3 Å². The van der Waals surface area contributed by atoms with Gasteiger partial charge in [-0.1, -0.05) is 18.2 Å². The maximum absolute atomic E-state index is 11.8. The van der Waals surface area contributed by atoms with Crippen LogP contribution in [0.25, 0.3) is 0 Å². The van der Waals surface area contributed by atoms with Crippen LogP contribution in [0.3, 0.4) is 0 Å².